The van der Waals surface area contributed by atoms with Crippen LogP contribution in [0.25, 0.3) is 0 Å². The fourth-order valence-electron chi connectivity index (χ4n) is 1.60. The molecule has 0 spiro atoms. The molecule has 0 saturated carbocycles. The lowest BCUT2D eigenvalue weighted by atomic mass is 10.1. The third-order valence-electron chi connectivity index (χ3n) is 2.71. The molecular formula is C14H15ClN2O. The number of hydrogen-bond donors (Lipinski definition) is 1. The predicted molar refractivity (Wildman–Crippen MR) is 73.2 cm³/mol. The lowest BCUT2D eigenvalue weighted by molar-refractivity contribution is 0.478. The molecule has 0 aliphatic carbocycles. The quantitative estimate of drug-likeness (QED) is 0.910. The van der Waals surface area contributed by atoms with E-state index >= 15 is 0 Å². The van der Waals surface area contributed by atoms with Gasteiger partial charge < -0.3 is 10.1 Å². The van der Waals surface area contributed by atoms with Crippen LogP contribution in [0.2, 0.25) is 5.02 Å². The van der Waals surface area contributed by atoms with Crippen LogP contribution in [0, 0.1) is 0 Å². The molecule has 0 radical (unpaired) electrons. The maximum atomic E-state index is 5.86. The van der Waals surface area contributed by atoms with E-state index in [-0.39, 0.29) is 6.04 Å². The van der Waals surface area contributed by atoms with Gasteiger partial charge in [0.05, 0.1) is 11.2 Å². The van der Waals surface area contributed by atoms with Gasteiger partial charge >= 0.3 is 0 Å². The second-order valence-corrected chi connectivity index (χ2v) is 4.46. The third-order valence-corrected chi connectivity index (χ3v) is 2.91. The summed E-state index contributed by atoms with van der Waals surface area (Å²) in [4.78, 5) is 3.98. The van der Waals surface area contributed by atoms with Crippen molar-refractivity contribution >= 4 is 11.6 Å². The van der Waals surface area contributed by atoms with E-state index in [2.05, 4.69) is 23.3 Å². The lowest BCUT2D eigenvalue weighted by Gasteiger charge is -2.12. The minimum atomic E-state index is 0.283. The number of halogens is 1. The van der Waals surface area contributed by atoms with Crippen LogP contribution in [0.15, 0.2) is 42.7 Å². The zero-order valence-electron chi connectivity index (χ0n) is 10.4. The Balaban J connectivity index is 2.19. The molecular weight excluding hydrogens is 248 g/mol. The third kappa shape index (κ3) is 3.22. The molecule has 0 saturated heterocycles. The first-order valence-electron chi connectivity index (χ1n) is 5.74. The molecule has 94 valence electrons. The highest BCUT2D eigenvalue weighted by molar-refractivity contribution is 6.30. The van der Waals surface area contributed by atoms with E-state index in [1.54, 1.807) is 18.5 Å². The van der Waals surface area contributed by atoms with Crippen LogP contribution in [-0.4, -0.2) is 12.0 Å². The number of pyridine rings is 1. The van der Waals surface area contributed by atoms with Gasteiger partial charge in [-0.1, -0.05) is 23.7 Å². The van der Waals surface area contributed by atoms with Crippen LogP contribution >= 0.6 is 11.6 Å². The summed E-state index contributed by atoms with van der Waals surface area (Å²) in [6.45, 7) is 2.10. The van der Waals surface area contributed by atoms with E-state index in [4.69, 9.17) is 16.3 Å². The molecule has 0 fully saturated rings. The van der Waals surface area contributed by atoms with Crippen molar-refractivity contribution in [3.8, 4) is 11.5 Å². The molecule has 0 bridgehead atoms. The van der Waals surface area contributed by atoms with Gasteiger partial charge in [0, 0.05) is 18.3 Å². The van der Waals surface area contributed by atoms with Crippen molar-refractivity contribution in [2.45, 2.75) is 13.0 Å². The Morgan fingerprint density at radius 1 is 1.22 bits per heavy atom. The zero-order valence-corrected chi connectivity index (χ0v) is 11.1. The topological polar surface area (TPSA) is 34.1 Å². The average molecular weight is 263 g/mol. The Bertz CT molecular complexity index is 531. The summed E-state index contributed by atoms with van der Waals surface area (Å²) >= 11 is 5.86. The molecule has 0 amide bonds. The molecule has 3 nitrogen and oxygen atoms in total. The number of aromatic nitrogens is 1. The monoisotopic (exact) mass is 262 g/mol. The Labute approximate surface area is 112 Å². The predicted octanol–water partition coefficient (Wildman–Crippen LogP) is 3.81. The first-order chi connectivity index (χ1) is 8.69. The van der Waals surface area contributed by atoms with Crippen molar-refractivity contribution in [3.63, 3.8) is 0 Å². The summed E-state index contributed by atoms with van der Waals surface area (Å²) in [7, 11) is 1.93. The second-order valence-electron chi connectivity index (χ2n) is 4.02. The van der Waals surface area contributed by atoms with Crippen LogP contribution in [0.4, 0.5) is 0 Å². The smallest absolute Gasteiger partial charge is 0.147 e. The molecule has 1 N–H and O–H groups in total. The van der Waals surface area contributed by atoms with Crippen molar-refractivity contribution in [2.24, 2.45) is 0 Å². The van der Waals surface area contributed by atoms with E-state index in [0.717, 1.165) is 5.75 Å². The largest absolute Gasteiger partial charge is 0.456 e. The summed E-state index contributed by atoms with van der Waals surface area (Å²) in [6.07, 6.45) is 3.22. The standard InChI is InChI=1S/C14H15ClN2O/c1-10(16-2)11-4-3-5-13(6-11)18-14-7-12(15)8-17-9-14/h3-10,16H,1-2H3. The van der Waals surface area contributed by atoms with Crippen LogP contribution in [0.5, 0.6) is 11.5 Å². The Hall–Kier alpha value is -1.58. The molecule has 0 aliphatic rings. The average Bonchev–Trinajstić information content (AvgIpc) is 2.38. The number of rotatable bonds is 4. The van der Waals surface area contributed by atoms with Crippen molar-refractivity contribution in [1.82, 2.24) is 10.3 Å². The summed E-state index contributed by atoms with van der Waals surface area (Å²) in [5.74, 6) is 1.41. The van der Waals surface area contributed by atoms with E-state index in [9.17, 15) is 0 Å². The van der Waals surface area contributed by atoms with Gasteiger partial charge in [-0.05, 0) is 31.7 Å². The SMILES string of the molecule is CNC(C)c1cccc(Oc2cncc(Cl)c2)c1. The molecule has 1 heterocycles. The Morgan fingerprint density at radius 3 is 2.78 bits per heavy atom. The van der Waals surface area contributed by atoms with Gasteiger partial charge in [-0.2, -0.15) is 0 Å². The van der Waals surface area contributed by atoms with Crippen molar-refractivity contribution in [3.05, 3.63) is 53.3 Å². The molecule has 1 aromatic heterocycles. The van der Waals surface area contributed by atoms with Gasteiger partial charge in [0.25, 0.3) is 0 Å². The summed E-state index contributed by atoms with van der Waals surface area (Å²) in [6, 6.07) is 9.96. The first-order valence-corrected chi connectivity index (χ1v) is 6.12. The molecule has 18 heavy (non-hydrogen) atoms. The molecule has 1 atom stereocenters. The van der Waals surface area contributed by atoms with Gasteiger partial charge in [0.15, 0.2) is 0 Å². The number of hydrogen-bond acceptors (Lipinski definition) is 3. The van der Waals surface area contributed by atoms with Crippen molar-refractivity contribution in [1.29, 1.82) is 0 Å². The number of benzene rings is 1. The molecule has 1 aromatic carbocycles. The van der Waals surface area contributed by atoms with Gasteiger partial charge in [-0.15, -0.1) is 0 Å². The van der Waals surface area contributed by atoms with Crippen molar-refractivity contribution in [2.75, 3.05) is 7.05 Å². The molecule has 1 unspecified atom stereocenters. The molecule has 4 heteroatoms. The summed E-state index contributed by atoms with van der Waals surface area (Å²) < 4.78 is 5.72. The number of nitrogens with one attached hydrogen (secondary N) is 1. The van der Waals surface area contributed by atoms with Gasteiger partial charge in [0.1, 0.15) is 11.5 Å². The first kappa shape index (κ1) is 12.9. The van der Waals surface area contributed by atoms with E-state index in [1.165, 1.54) is 5.56 Å². The fourth-order valence-corrected chi connectivity index (χ4v) is 1.76. The maximum Gasteiger partial charge on any atom is 0.147 e. The minimum absolute atomic E-state index is 0.283. The van der Waals surface area contributed by atoms with Crippen LogP contribution < -0.4 is 10.1 Å². The zero-order chi connectivity index (χ0) is 13.0. The minimum Gasteiger partial charge on any atom is -0.456 e. The molecule has 2 aromatic rings. The van der Waals surface area contributed by atoms with Crippen molar-refractivity contribution < 1.29 is 4.74 Å². The highest BCUT2D eigenvalue weighted by Gasteiger charge is 2.04. The van der Waals surface area contributed by atoms with Gasteiger partial charge in [-0.25, -0.2) is 0 Å². The number of nitrogens with zero attached hydrogens (tertiary/aromatic N) is 1. The molecule has 2 rings (SSSR count). The van der Waals surface area contributed by atoms with E-state index < -0.39 is 0 Å². The van der Waals surface area contributed by atoms with Gasteiger partial charge in [0.2, 0.25) is 0 Å². The van der Waals surface area contributed by atoms with E-state index in [1.807, 2.05) is 25.2 Å². The fraction of sp³-hybridized carbons (Fsp3) is 0.214. The van der Waals surface area contributed by atoms with E-state index in [0.29, 0.717) is 10.8 Å². The molecule has 0 aliphatic heterocycles. The normalized spacial score (nSPS) is 12.2. The van der Waals surface area contributed by atoms with Crippen LogP contribution in [0.1, 0.15) is 18.5 Å². The maximum absolute atomic E-state index is 5.86. The second kappa shape index (κ2) is 5.85. The Morgan fingerprint density at radius 2 is 2.06 bits per heavy atom. The number of ether oxygens (including phenoxy) is 1. The highest BCUT2D eigenvalue weighted by Crippen LogP contribution is 2.25. The lowest BCUT2D eigenvalue weighted by Crippen LogP contribution is -2.11. The van der Waals surface area contributed by atoms with Crippen LogP contribution in [-0.2, 0) is 0 Å². The van der Waals surface area contributed by atoms with Crippen LogP contribution in [0.3, 0.4) is 0 Å². The summed E-state index contributed by atoms with van der Waals surface area (Å²) in [5.41, 5.74) is 1.17. The van der Waals surface area contributed by atoms with Gasteiger partial charge in [-0.3, -0.25) is 4.98 Å². The highest BCUT2D eigenvalue weighted by atomic mass is 35.5. The summed E-state index contributed by atoms with van der Waals surface area (Å²) in [5, 5.41) is 3.75. The Kier molecular flexibility index (Phi) is 4.18.